The van der Waals surface area contributed by atoms with Crippen LogP contribution in [0.4, 0.5) is 20.6 Å². The smallest absolute Gasteiger partial charge is 0.356 e. The van der Waals surface area contributed by atoms with Crippen LogP contribution in [0, 0.1) is 5.82 Å². The predicted octanol–water partition coefficient (Wildman–Crippen LogP) is 3.22. The van der Waals surface area contributed by atoms with Gasteiger partial charge >= 0.3 is 12.0 Å². The van der Waals surface area contributed by atoms with Crippen molar-refractivity contribution in [3.05, 3.63) is 53.1 Å². The highest BCUT2D eigenvalue weighted by Crippen LogP contribution is 2.22. The van der Waals surface area contributed by atoms with Gasteiger partial charge in [-0.3, -0.25) is 0 Å². The Hall–Kier alpha value is -2.67. The van der Waals surface area contributed by atoms with E-state index in [-0.39, 0.29) is 22.1 Å². The number of anilines is 2. The van der Waals surface area contributed by atoms with Gasteiger partial charge in [-0.05, 0) is 30.3 Å². The molecular formula is C13H9ClFN3O3. The van der Waals surface area contributed by atoms with Crippen LogP contribution in [0.2, 0.25) is 5.02 Å². The van der Waals surface area contributed by atoms with E-state index in [9.17, 15) is 14.0 Å². The Labute approximate surface area is 123 Å². The number of pyridine rings is 1. The number of rotatable bonds is 3. The van der Waals surface area contributed by atoms with Crippen LogP contribution in [0.5, 0.6) is 0 Å². The highest BCUT2D eigenvalue weighted by Gasteiger charge is 2.14. The van der Waals surface area contributed by atoms with Crippen molar-refractivity contribution in [2.75, 3.05) is 10.6 Å². The number of nitrogens with zero attached hydrogens (tertiary/aromatic N) is 1. The second-order valence-electron chi connectivity index (χ2n) is 3.91. The molecule has 0 saturated carbocycles. The number of amides is 2. The largest absolute Gasteiger partial charge is 0.476 e. The highest BCUT2D eigenvalue weighted by atomic mass is 35.5. The molecule has 1 aromatic heterocycles. The molecule has 0 radical (unpaired) electrons. The average molecular weight is 310 g/mol. The fraction of sp³-hybridized carbons (Fsp3) is 0. The lowest BCUT2D eigenvalue weighted by molar-refractivity contribution is 0.0691. The van der Waals surface area contributed by atoms with Gasteiger partial charge in [0.15, 0.2) is 5.69 Å². The highest BCUT2D eigenvalue weighted by molar-refractivity contribution is 6.33. The summed E-state index contributed by atoms with van der Waals surface area (Å²) in [6.07, 6.45) is 1.30. The van der Waals surface area contributed by atoms with Crippen LogP contribution in [-0.4, -0.2) is 22.1 Å². The Balaban J connectivity index is 2.14. The van der Waals surface area contributed by atoms with Crippen LogP contribution >= 0.6 is 11.6 Å². The normalized spacial score (nSPS) is 10.0. The number of carboxylic acid groups (broad SMARTS) is 1. The van der Waals surface area contributed by atoms with Crippen LogP contribution in [0.15, 0.2) is 36.5 Å². The lowest BCUT2D eigenvalue weighted by Gasteiger charge is -2.10. The molecule has 0 aliphatic carbocycles. The quantitative estimate of drug-likeness (QED) is 0.812. The van der Waals surface area contributed by atoms with Crippen molar-refractivity contribution in [3.8, 4) is 0 Å². The van der Waals surface area contributed by atoms with E-state index in [2.05, 4.69) is 15.6 Å². The molecule has 1 aromatic carbocycles. The van der Waals surface area contributed by atoms with Gasteiger partial charge in [-0.25, -0.2) is 19.0 Å². The molecule has 0 bridgehead atoms. The van der Waals surface area contributed by atoms with Gasteiger partial charge in [-0.1, -0.05) is 11.6 Å². The zero-order valence-corrected chi connectivity index (χ0v) is 11.2. The van der Waals surface area contributed by atoms with Crippen molar-refractivity contribution in [2.45, 2.75) is 0 Å². The Morgan fingerprint density at radius 2 is 1.90 bits per heavy atom. The summed E-state index contributed by atoms with van der Waals surface area (Å²) in [6.45, 7) is 0. The minimum Gasteiger partial charge on any atom is -0.476 e. The molecule has 2 rings (SSSR count). The first-order valence-corrected chi connectivity index (χ1v) is 6.06. The molecule has 0 aliphatic heterocycles. The van der Waals surface area contributed by atoms with Crippen molar-refractivity contribution in [2.24, 2.45) is 0 Å². The van der Waals surface area contributed by atoms with Gasteiger partial charge in [0.25, 0.3) is 0 Å². The summed E-state index contributed by atoms with van der Waals surface area (Å²) >= 11 is 5.77. The van der Waals surface area contributed by atoms with Crippen LogP contribution in [0.3, 0.4) is 0 Å². The van der Waals surface area contributed by atoms with Crippen LogP contribution in [-0.2, 0) is 0 Å². The monoisotopic (exact) mass is 309 g/mol. The van der Waals surface area contributed by atoms with Crippen molar-refractivity contribution < 1.29 is 19.1 Å². The summed E-state index contributed by atoms with van der Waals surface area (Å²) in [6, 6.07) is 5.62. The minimum atomic E-state index is -1.27. The number of carboxylic acids is 1. The van der Waals surface area contributed by atoms with Gasteiger partial charge in [0, 0.05) is 6.20 Å². The summed E-state index contributed by atoms with van der Waals surface area (Å²) < 4.78 is 12.9. The molecule has 8 heteroatoms. The van der Waals surface area contributed by atoms with Gasteiger partial charge in [0.05, 0.1) is 16.4 Å². The maximum Gasteiger partial charge on any atom is 0.356 e. The Bertz CT molecular complexity index is 709. The van der Waals surface area contributed by atoms with Crippen LogP contribution in [0.1, 0.15) is 10.5 Å². The van der Waals surface area contributed by atoms with Crippen LogP contribution < -0.4 is 10.6 Å². The van der Waals surface area contributed by atoms with E-state index in [0.717, 1.165) is 12.1 Å². The fourth-order valence-electron chi connectivity index (χ4n) is 1.54. The number of aromatic nitrogens is 1. The minimum absolute atomic E-state index is 0.0230. The molecule has 0 spiro atoms. The molecule has 0 saturated heterocycles. The van der Waals surface area contributed by atoms with E-state index in [1.54, 1.807) is 0 Å². The van der Waals surface area contributed by atoms with Gasteiger partial charge in [-0.2, -0.15) is 0 Å². The first-order chi connectivity index (χ1) is 9.97. The topological polar surface area (TPSA) is 91.3 Å². The molecule has 1 heterocycles. The summed E-state index contributed by atoms with van der Waals surface area (Å²) in [4.78, 5) is 26.4. The first-order valence-electron chi connectivity index (χ1n) is 5.69. The van der Waals surface area contributed by atoms with E-state index in [1.165, 1.54) is 24.4 Å². The molecule has 2 amide bonds. The van der Waals surface area contributed by atoms with Gasteiger partial charge < -0.3 is 15.7 Å². The molecule has 2 aromatic rings. The number of aromatic carboxylic acids is 1. The molecule has 108 valence electrons. The maximum absolute atomic E-state index is 12.9. The molecule has 3 N–H and O–H groups in total. The number of carbonyl (C=O) groups is 2. The lowest BCUT2D eigenvalue weighted by atomic mass is 10.3. The zero-order chi connectivity index (χ0) is 15.4. The number of hydrogen-bond acceptors (Lipinski definition) is 3. The SMILES string of the molecule is O=C(Nc1ccc(F)cc1Cl)Nc1cccnc1C(=O)O. The van der Waals surface area contributed by atoms with E-state index in [0.29, 0.717) is 0 Å². The molecular weight excluding hydrogens is 301 g/mol. The number of halogens is 2. The Morgan fingerprint density at radius 1 is 1.19 bits per heavy atom. The number of nitrogens with one attached hydrogen (secondary N) is 2. The summed E-state index contributed by atoms with van der Waals surface area (Å²) in [5, 5.41) is 13.7. The summed E-state index contributed by atoms with van der Waals surface area (Å²) in [5.74, 6) is -1.81. The average Bonchev–Trinajstić information content (AvgIpc) is 2.42. The first kappa shape index (κ1) is 14.7. The Morgan fingerprint density at radius 3 is 2.57 bits per heavy atom. The van der Waals surface area contributed by atoms with Gasteiger partial charge in [0.2, 0.25) is 0 Å². The third kappa shape index (κ3) is 3.67. The van der Waals surface area contributed by atoms with Crippen molar-refractivity contribution >= 4 is 35.0 Å². The fourth-order valence-corrected chi connectivity index (χ4v) is 1.76. The molecule has 21 heavy (non-hydrogen) atoms. The molecule has 0 fully saturated rings. The second kappa shape index (κ2) is 6.19. The molecule has 0 unspecified atom stereocenters. The van der Waals surface area contributed by atoms with Crippen LogP contribution in [0.25, 0.3) is 0 Å². The molecule has 0 aliphatic rings. The number of hydrogen-bond donors (Lipinski definition) is 3. The third-order valence-electron chi connectivity index (χ3n) is 2.44. The molecule has 0 atom stereocenters. The van der Waals surface area contributed by atoms with E-state index >= 15 is 0 Å². The van der Waals surface area contributed by atoms with E-state index < -0.39 is 17.8 Å². The summed E-state index contributed by atoms with van der Waals surface area (Å²) in [5.41, 5.74) is -0.0741. The number of carbonyl (C=O) groups excluding carboxylic acids is 1. The lowest BCUT2D eigenvalue weighted by Crippen LogP contribution is -2.21. The summed E-state index contributed by atoms with van der Waals surface area (Å²) in [7, 11) is 0. The second-order valence-corrected chi connectivity index (χ2v) is 4.32. The predicted molar refractivity (Wildman–Crippen MR) is 75.2 cm³/mol. The zero-order valence-electron chi connectivity index (χ0n) is 10.4. The van der Waals surface area contributed by atoms with E-state index in [1.807, 2.05) is 0 Å². The van der Waals surface area contributed by atoms with Gasteiger partial charge in [0.1, 0.15) is 5.82 Å². The van der Waals surface area contributed by atoms with Gasteiger partial charge in [-0.15, -0.1) is 0 Å². The van der Waals surface area contributed by atoms with Crippen molar-refractivity contribution in [1.82, 2.24) is 4.98 Å². The Kier molecular flexibility index (Phi) is 4.34. The number of urea groups is 1. The number of benzene rings is 1. The van der Waals surface area contributed by atoms with E-state index in [4.69, 9.17) is 16.7 Å². The third-order valence-corrected chi connectivity index (χ3v) is 2.75. The van der Waals surface area contributed by atoms with Crippen molar-refractivity contribution in [3.63, 3.8) is 0 Å². The maximum atomic E-state index is 12.9. The molecule has 6 nitrogen and oxygen atoms in total. The standard InChI is InChI=1S/C13H9ClFN3O3/c14-8-6-7(15)3-4-9(8)17-13(21)18-10-2-1-5-16-11(10)12(19)20/h1-6H,(H,19,20)(H2,17,18,21). The van der Waals surface area contributed by atoms with Crippen molar-refractivity contribution in [1.29, 1.82) is 0 Å².